The molecule has 22 heavy (non-hydrogen) atoms. The lowest BCUT2D eigenvalue weighted by molar-refractivity contribution is -0.121. The second-order valence-electron chi connectivity index (χ2n) is 5.69. The fourth-order valence-electron chi connectivity index (χ4n) is 2.71. The lowest BCUT2D eigenvalue weighted by Gasteiger charge is -2.22. The van der Waals surface area contributed by atoms with Crippen molar-refractivity contribution in [3.8, 4) is 11.5 Å². The van der Waals surface area contributed by atoms with Crippen molar-refractivity contribution in [1.82, 2.24) is 4.98 Å². The molecule has 3 rings (SSSR count). The van der Waals surface area contributed by atoms with Gasteiger partial charge in [-0.15, -0.1) is 12.4 Å². The third-order valence-corrected chi connectivity index (χ3v) is 3.93. The lowest BCUT2D eigenvalue weighted by Crippen LogP contribution is -2.48. The Labute approximate surface area is 135 Å². The van der Waals surface area contributed by atoms with E-state index < -0.39 is 5.54 Å². The number of nitrogens with two attached hydrogens (primary N) is 1. The van der Waals surface area contributed by atoms with Crippen LogP contribution in [0, 0.1) is 6.92 Å². The molecule has 1 aromatic heterocycles. The maximum atomic E-state index is 12.3. The number of carbonyl (C=O) groups is 1. The number of nitrogens with one attached hydrogen (secondary N) is 1. The normalized spacial score (nSPS) is 16.1. The van der Waals surface area contributed by atoms with Gasteiger partial charge >= 0.3 is 0 Å². The summed E-state index contributed by atoms with van der Waals surface area (Å²) >= 11 is 0. The largest absolute Gasteiger partial charge is 0.444 e. The van der Waals surface area contributed by atoms with E-state index in [0.29, 0.717) is 11.6 Å². The van der Waals surface area contributed by atoms with E-state index in [0.717, 1.165) is 36.9 Å². The third-order valence-electron chi connectivity index (χ3n) is 3.93. The standard InChI is InChI=1S/C16H19N3O2.ClH/c1-11-10-21-14(18-11)12-5-4-6-13(9-12)19-15(20)16(17)7-2-3-8-16;/h4-6,9-10H,2-3,7-8,17H2,1H3,(H,19,20);1H. The van der Waals surface area contributed by atoms with Crippen molar-refractivity contribution in [1.29, 1.82) is 0 Å². The van der Waals surface area contributed by atoms with E-state index in [9.17, 15) is 4.79 Å². The average molecular weight is 322 g/mol. The predicted molar refractivity (Wildman–Crippen MR) is 87.9 cm³/mol. The molecule has 0 saturated heterocycles. The van der Waals surface area contributed by atoms with Crippen molar-refractivity contribution in [3.63, 3.8) is 0 Å². The quantitative estimate of drug-likeness (QED) is 0.909. The van der Waals surface area contributed by atoms with E-state index >= 15 is 0 Å². The van der Waals surface area contributed by atoms with Gasteiger partial charge in [-0.1, -0.05) is 18.9 Å². The predicted octanol–water partition coefficient (Wildman–Crippen LogP) is 3.28. The van der Waals surface area contributed by atoms with E-state index in [-0.39, 0.29) is 18.3 Å². The highest BCUT2D eigenvalue weighted by Gasteiger charge is 2.36. The Hall–Kier alpha value is -1.85. The average Bonchev–Trinajstić information content (AvgIpc) is 3.09. The van der Waals surface area contributed by atoms with Crippen LogP contribution in [0.15, 0.2) is 34.9 Å². The summed E-state index contributed by atoms with van der Waals surface area (Å²) in [7, 11) is 0. The van der Waals surface area contributed by atoms with Crippen LogP contribution in [0.5, 0.6) is 0 Å². The molecule has 1 aliphatic rings. The van der Waals surface area contributed by atoms with Crippen LogP contribution >= 0.6 is 12.4 Å². The lowest BCUT2D eigenvalue weighted by atomic mass is 9.98. The number of nitrogens with zero attached hydrogens (tertiary/aromatic N) is 1. The van der Waals surface area contributed by atoms with E-state index in [1.807, 2.05) is 31.2 Å². The molecule has 1 aliphatic carbocycles. The van der Waals surface area contributed by atoms with Gasteiger partial charge in [0.1, 0.15) is 6.26 Å². The number of benzene rings is 1. The monoisotopic (exact) mass is 321 g/mol. The molecule has 118 valence electrons. The highest BCUT2D eigenvalue weighted by Crippen LogP contribution is 2.29. The molecule has 1 aromatic carbocycles. The molecule has 5 nitrogen and oxygen atoms in total. The number of oxazole rings is 1. The summed E-state index contributed by atoms with van der Waals surface area (Å²) in [6.07, 6.45) is 5.13. The number of aryl methyl sites for hydroxylation is 1. The van der Waals surface area contributed by atoms with Gasteiger partial charge in [0, 0.05) is 11.3 Å². The van der Waals surface area contributed by atoms with Gasteiger partial charge in [-0.2, -0.15) is 0 Å². The molecule has 0 atom stereocenters. The van der Waals surface area contributed by atoms with Gasteiger partial charge in [0.2, 0.25) is 11.8 Å². The zero-order valence-electron chi connectivity index (χ0n) is 12.5. The summed E-state index contributed by atoms with van der Waals surface area (Å²) in [5.41, 5.74) is 7.80. The maximum absolute atomic E-state index is 12.3. The number of hydrogen-bond acceptors (Lipinski definition) is 4. The number of amides is 1. The van der Waals surface area contributed by atoms with E-state index in [1.165, 1.54) is 0 Å². The molecule has 0 spiro atoms. The minimum absolute atomic E-state index is 0. The van der Waals surface area contributed by atoms with Crippen molar-refractivity contribution >= 4 is 24.0 Å². The highest BCUT2D eigenvalue weighted by molar-refractivity contribution is 5.98. The SMILES string of the molecule is Cc1coc(-c2cccc(NC(=O)C3(N)CCCC3)c2)n1.Cl. The number of anilines is 1. The first-order chi connectivity index (χ1) is 10.1. The van der Waals surface area contributed by atoms with Crippen LogP contribution in [0.2, 0.25) is 0 Å². The van der Waals surface area contributed by atoms with Gasteiger partial charge < -0.3 is 15.5 Å². The summed E-state index contributed by atoms with van der Waals surface area (Å²) in [6, 6.07) is 7.45. The molecule has 3 N–H and O–H groups in total. The maximum Gasteiger partial charge on any atom is 0.244 e. The first kappa shape index (κ1) is 16.5. The van der Waals surface area contributed by atoms with Crippen molar-refractivity contribution < 1.29 is 9.21 Å². The summed E-state index contributed by atoms with van der Waals surface area (Å²) in [5, 5.41) is 2.91. The number of halogens is 1. The van der Waals surface area contributed by atoms with Crippen LogP contribution in [0.1, 0.15) is 31.4 Å². The topological polar surface area (TPSA) is 81.2 Å². The number of carbonyl (C=O) groups excluding carboxylic acids is 1. The van der Waals surface area contributed by atoms with Crippen molar-refractivity contribution in [2.45, 2.75) is 38.1 Å². The summed E-state index contributed by atoms with van der Waals surface area (Å²) < 4.78 is 5.38. The third kappa shape index (κ3) is 3.31. The van der Waals surface area contributed by atoms with E-state index in [1.54, 1.807) is 6.26 Å². The van der Waals surface area contributed by atoms with Crippen LogP contribution in [-0.2, 0) is 4.79 Å². The Bertz CT molecular complexity index is 663. The first-order valence-corrected chi connectivity index (χ1v) is 7.20. The van der Waals surface area contributed by atoms with Crippen molar-refractivity contribution in [3.05, 3.63) is 36.2 Å². The molecule has 1 fully saturated rings. The second-order valence-corrected chi connectivity index (χ2v) is 5.69. The molecule has 1 amide bonds. The smallest absolute Gasteiger partial charge is 0.244 e. The zero-order chi connectivity index (χ0) is 14.9. The van der Waals surface area contributed by atoms with Crippen LogP contribution in [0.4, 0.5) is 5.69 Å². The summed E-state index contributed by atoms with van der Waals surface area (Å²) in [4.78, 5) is 16.6. The Kier molecular flexibility index (Phi) is 4.88. The molecule has 0 aliphatic heterocycles. The molecule has 1 saturated carbocycles. The van der Waals surface area contributed by atoms with Crippen LogP contribution in [-0.4, -0.2) is 16.4 Å². The molecular formula is C16H20ClN3O2. The van der Waals surface area contributed by atoms with Gasteiger partial charge in [0.05, 0.1) is 11.2 Å². The van der Waals surface area contributed by atoms with Gasteiger partial charge in [0.15, 0.2) is 0 Å². The molecular weight excluding hydrogens is 302 g/mol. The molecule has 1 heterocycles. The zero-order valence-corrected chi connectivity index (χ0v) is 13.3. The molecule has 0 unspecified atom stereocenters. The first-order valence-electron chi connectivity index (χ1n) is 7.20. The summed E-state index contributed by atoms with van der Waals surface area (Å²) in [5.74, 6) is 0.438. The molecule has 6 heteroatoms. The van der Waals surface area contributed by atoms with Crippen molar-refractivity contribution in [2.24, 2.45) is 5.73 Å². The second kappa shape index (κ2) is 6.50. The number of rotatable bonds is 3. The minimum atomic E-state index is -0.727. The molecule has 2 aromatic rings. The molecule has 0 radical (unpaired) electrons. The van der Waals surface area contributed by atoms with Crippen LogP contribution in [0.3, 0.4) is 0 Å². The van der Waals surface area contributed by atoms with Gasteiger partial charge in [-0.3, -0.25) is 4.79 Å². The van der Waals surface area contributed by atoms with Crippen LogP contribution in [0.25, 0.3) is 11.5 Å². The van der Waals surface area contributed by atoms with Gasteiger partial charge in [0.25, 0.3) is 0 Å². The summed E-state index contributed by atoms with van der Waals surface area (Å²) in [6.45, 7) is 1.87. The Morgan fingerprint density at radius 2 is 2.09 bits per heavy atom. The Balaban J connectivity index is 0.00000176. The van der Waals surface area contributed by atoms with E-state index in [4.69, 9.17) is 10.2 Å². The fraction of sp³-hybridized carbons (Fsp3) is 0.375. The Morgan fingerprint density at radius 3 is 2.73 bits per heavy atom. The van der Waals surface area contributed by atoms with Gasteiger partial charge in [-0.05, 0) is 38.0 Å². The van der Waals surface area contributed by atoms with E-state index in [2.05, 4.69) is 10.3 Å². The Morgan fingerprint density at radius 1 is 1.36 bits per heavy atom. The number of hydrogen-bond donors (Lipinski definition) is 2. The number of aromatic nitrogens is 1. The minimum Gasteiger partial charge on any atom is -0.444 e. The van der Waals surface area contributed by atoms with Crippen molar-refractivity contribution in [2.75, 3.05) is 5.32 Å². The van der Waals surface area contributed by atoms with Gasteiger partial charge in [-0.25, -0.2) is 4.98 Å². The van der Waals surface area contributed by atoms with Crippen LogP contribution < -0.4 is 11.1 Å². The molecule has 0 bridgehead atoms. The highest BCUT2D eigenvalue weighted by atomic mass is 35.5. The fourth-order valence-corrected chi connectivity index (χ4v) is 2.71.